The van der Waals surface area contributed by atoms with E-state index >= 15 is 0 Å². The lowest BCUT2D eigenvalue weighted by Crippen LogP contribution is -2.17. The van der Waals surface area contributed by atoms with Crippen molar-refractivity contribution in [3.05, 3.63) is 11.8 Å². The number of alkyl carbamates (subject to hydrolysis) is 1. The summed E-state index contributed by atoms with van der Waals surface area (Å²) in [6, 6.07) is 1.35. The molecular weight excluding hydrogens is 176 g/mol. The van der Waals surface area contributed by atoms with Gasteiger partial charge in [-0.3, -0.25) is 0 Å². The van der Waals surface area contributed by atoms with Crippen LogP contribution in [0.3, 0.4) is 0 Å². The largest absolute Gasteiger partial charge is 0.479 e. The first-order chi connectivity index (χ1) is 6.29. The molecule has 0 radical (unpaired) electrons. The van der Waals surface area contributed by atoms with Gasteiger partial charge in [-0.25, -0.2) is 4.79 Å². The van der Waals surface area contributed by atoms with Crippen molar-refractivity contribution in [2.45, 2.75) is 6.04 Å². The van der Waals surface area contributed by atoms with Crippen molar-refractivity contribution in [2.75, 3.05) is 13.7 Å². The summed E-state index contributed by atoms with van der Waals surface area (Å²) in [4.78, 5) is 10.7. The van der Waals surface area contributed by atoms with E-state index < -0.39 is 6.09 Å². The zero-order chi connectivity index (χ0) is 9.26. The lowest BCUT2D eigenvalue weighted by molar-refractivity contribution is 0.176. The lowest BCUT2D eigenvalue weighted by atomic mass is 10.2. The summed E-state index contributed by atoms with van der Waals surface area (Å²) in [5, 5.41) is 6.16. The summed E-state index contributed by atoms with van der Waals surface area (Å²) in [5.74, 6) is 0.916. The van der Waals surface area contributed by atoms with E-state index in [1.807, 2.05) is 0 Å². The Morgan fingerprint density at radius 2 is 2.62 bits per heavy atom. The maximum Gasteiger partial charge on any atom is 0.407 e. The molecule has 1 aromatic rings. The third-order valence-electron chi connectivity index (χ3n) is 1.73. The van der Waals surface area contributed by atoms with Crippen LogP contribution in [-0.4, -0.2) is 25.0 Å². The SMILES string of the molecule is COc1cc(C2COC(=O)N2)on1. The fourth-order valence-electron chi connectivity index (χ4n) is 1.07. The van der Waals surface area contributed by atoms with Gasteiger partial charge in [0.1, 0.15) is 12.6 Å². The van der Waals surface area contributed by atoms with Crippen molar-refractivity contribution in [2.24, 2.45) is 0 Å². The van der Waals surface area contributed by atoms with Crippen molar-refractivity contribution < 1.29 is 18.8 Å². The Balaban J connectivity index is 2.12. The van der Waals surface area contributed by atoms with Crippen molar-refractivity contribution in [3.63, 3.8) is 0 Å². The maximum absolute atomic E-state index is 10.7. The molecule has 6 heteroatoms. The standard InChI is InChI=1S/C7H8N2O4/c1-11-6-2-5(13-9-6)4-3-12-7(10)8-4/h2,4H,3H2,1H3,(H,8,10). The van der Waals surface area contributed by atoms with Gasteiger partial charge in [0, 0.05) is 6.07 Å². The molecule has 1 unspecified atom stereocenters. The number of nitrogens with one attached hydrogen (secondary N) is 1. The summed E-state index contributed by atoms with van der Waals surface area (Å²) in [6.07, 6.45) is -0.444. The highest BCUT2D eigenvalue weighted by Crippen LogP contribution is 2.21. The molecule has 0 bridgehead atoms. The van der Waals surface area contributed by atoms with Gasteiger partial charge in [-0.15, -0.1) is 0 Å². The summed E-state index contributed by atoms with van der Waals surface area (Å²) in [5.41, 5.74) is 0. The van der Waals surface area contributed by atoms with E-state index in [0.29, 0.717) is 11.6 Å². The van der Waals surface area contributed by atoms with E-state index in [2.05, 4.69) is 15.2 Å². The second-order valence-electron chi connectivity index (χ2n) is 2.57. The monoisotopic (exact) mass is 184 g/mol. The molecule has 1 atom stereocenters. The van der Waals surface area contributed by atoms with Crippen LogP contribution in [0.2, 0.25) is 0 Å². The van der Waals surface area contributed by atoms with Crippen molar-refractivity contribution >= 4 is 6.09 Å². The van der Waals surface area contributed by atoms with E-state index in [9.17, 15) is 4.79 Å². The minimum atomic E-state index is -0.444. The summed E-state index contributed by atoms with van der Waals surface area (Å²) in [7, 11) is 1.49. The molecule has 1 aromatic heterocycles. The van der Waals surface area contributed by atoms with Crippen LogP contribution < -0.4 is 10.1 Å². The lowest BCUT2D eigenvalue weighted by Gasteiger charge is -1.98. The molecule has 1 N–H and O–H groups in total. The molecule has 0 saturated carbocycles. The number of carbonyl (C=O) groups is 1. The first kappa shape index (κ1) is 7.90. The van der Waals surface area contributed by atoms with Gasteiger partial charge in [0.2, 0.25) is 0 Å². The number of hydrogen-bond donors (Lipinski definition) is 1. The Morgan fingerprint density at radius 3 is 3.15 bits per heavy atom. The molecule has 0 aliphatic carbocycles. The van der Waals surface area contributed by atoms with Gasteiger partial charge in [0.25, 0.3) is 5.88 Å². The van der Waals surface area contributed by atoms with Gasteiger partial charge < -0.3 is 19.3 Å². The van der Waals surface area contributed by atoms with Crippen LogP contribution in [0.4, 0.5) is 4.79 Å². The quantitative estimate of drug-likeness (QED) is 0.722. The molecule has 6 nitrogen and oxygen atoms in total. The van der Waals surface area contributed by atoms with Gasteiger partial charge in [-0.1, -0.05) is 0 Å². The molecule has 2 rings (SSSR count). The molecule has 1 aliphatic rings. The molecule has 1 aliphatic heterocycles. The summed E-state index contributed by atoms with van der Waals surface area (Å²) >= 11 is 0. The Kier molecular flexibility index (Phi) is 1.80. The number of hydrogen-bond acceptors (Lipinski definition) is 5. The molecule has 70 valence electrons. The second kappa shape index (κ2) is 2.96. The van der Waals surface area contributed by atoms with Crippen LogP contribution in [0.5, 0.6) is 5.88 Å². The third-order valence-corrected chi connectivity index (χ3v) is 1.73. The van der Waals surface area contributed by atoms with Crippen LogP contribution in [0, 0.1) is 0 Å². The number of ether oxygens (including phenoxy) is 2. The van der Waals surface area contributed by atoms with Crippen LogP contribution in [0.1, 0.15) is 11.8 Å². The van der Waals surface area contributed by atoms with Gasteiger partial charge in [-0.2, -0.15) is 0 Å². The highest BCUT2D eigenvalue weighted by Gasteiger charge is 2.27. The van der Waals surface area contributed by atoms with Crippen LogP contribution in [0.25, 0.3) is 0 Å². The first-order valence-corrected chi connectivity index (χ1v) is 3.73. The van der Waals surface area contributed by atoms with Gasteiger partial charge in [-0.05, 0) is 5.16 Å². The van der Waals surface area contributed by atoms with Crippen LogP contribution in [-0.2, 0) is 4.74 Å². The van der Waals surface area contributed by atoms with E-state index in [1.54, 1.807) is 6.07 Å². The van der Waals surface area contributed by atoms with Crippen molar-refractivity contribution in [1.29, 1.82) is 0 Å². The summed E-state index contributed by atoms with van der Waals surface area (Å²) < 4.78 is 14.4. The fraction of sp³-hybridized carbons (Fsp3) is 0.429. The number of nitrogens with zero attached hydrogens (tertiary/aromatic N) is 1. The van der Waals surface area contributed by atoms with Gasteiger partial charge in [0.15, 0.2) is 5.76 Å². The van der Waals surface area contributed by atoms with E-state index in [-0.39, 0.29) is 12.6 Å². The Bertz CT molecular complexity index is 322. The number of rotatable bonds is 2. The minimum Gasteiger partial charge on any atom is -0.479 e. The zero-order valence-electron chi connectivity index (χ0n) is 6.94. The predicted molar refractivity (Wildman–Crippen MR) is 40.3 cm³/mol. The van der Waals surface area contributed by atoms with E-state index in [1.165, 1.54) is 7.11 Å². The van der Waals surface area contributed by atoms with Gasteiger partial charge >= 0.3 is 6.09 Å². The highest BCUT2D eigenvalue weighted by molar-refractivity contribution is 5.69. The maximum atomic E-state index is 10.7. The van der Waals surface area contributed by atoms with E-state index in [0.717, 1.165) is 0 Å². The number of methoxy groups -OCH3 is 1. The second-order valence-corrected chi connectivity index (χ2v) is 2.57. The average molecular weight is 184 g/mol. The molecule has 2 heterocycles. The first-order valence-electron chi connectivity index (χ1n) is 3.73. The Hall–Kier alpha value is -1.72. The topological polar surface area (TPSA) is 73.6 Å². The Labute approximate surface area is 73.8 Å². The normalized spacial score (nSPS) is 21.0. The highest BCUT2D eigenvalue weighted by atomic mass is 16.6. The number of carbonyl (C=O) groups excluding carboxylic acids is 1. The van der Waals surface area contributed by atoms with Crippen LogP contribution >= 0.6 is 0 Å². The molecule has 0 spiro atoms. The summed E-state index contributed by atoms with van der Waals surface area (Å²) in [6.45, 7) is 0.261. The molecule has 0 aromatic carbocycles. The molecule has 1 amide bonds. The fourth-order valence-corrected chi connectivity index (χ4v) is 1.07. The smallest absolute Gasteiger partial charge is 0.407 e. The number of aromatic nitrogens is 1. The average Bonchev–Trinajstić information content (AvgIpc) is 2.71. The third kappa shape index (κ3) is 1.42. The predicted octanol–water partition coefficient (Wildman–Crippen LogP) is 0.464. The van der Waals surface area contributed by atoms with Crippen molar-refractivity contribution in [1.82, 2.24) is 10.5 Å². The zero-order valence-corrected chi connectivity index (χ0v) is 6.94. The molecule has 1 saturated heterocycles. The number of cyclic esters (lactones) is 1. The van der Waals surface area contributed by atoms with Crippen LogP contribution in [0.15, 0.2) is 10.6 Å². The molecule has 13 heavy (non-hydrogen) atoms. The van der Waals surface area contributed by atoms with Crippen molar-refractivity contribution in [3.8, 4) is 5.88 Å². The molecular formula is C7H8N2O4. The Morgan fingerprint density at radius 1 is 1.77 bits per heavy atom. The van der Waals surface area contributed by atoms with E-state index in [4.69, 9.17) is 9.26 Å². The van der Waals surface area contributed by atoms with Gasteiger partial charge in [0.05, 0.1) is 7.11 Å². The molecule has 1 fully saturated rings. The minimum absolute atomic E-state index is 0.260. The number of amides is 1.